The number of rotatable bonds is 1. The lowest BCUT2D eigenvalue weighted by atomic mass is 9.92. The van der Waals surface area contributed by atoms with E-state index in [9.17, 15) is 0 Å². The highest BCUT2D eigenvalue weighted by Crippen LogP contribution is 2.34. The summed E-state index contributed by atoms with van der Waals surface area (Å²) in [6, 6.07) is 6.32. The van der Waals surface area contributed by atoms with Crippen molar-refractivity contribution in [2.24, 2.45) is 5.73 Å². The Balaban J connectivity index is 2.25. The average molecular weight is 216 g/mol. The minimum absolute atomic E-state index is 0.169. The van der Waals surface area contributed by atoms with Crippen LogP contribution in [0, 0.1) is 0 Å². The molecule has 1 aliphatic rings. The van der Waals surface area contributed by atoms with Crippen LogP contribution >= 0.6 is 0 Å². The first kappa shape index (κ1) is 9.73. The van der Waals surface area contributed by atoms with Crippen molar-refractivity contribution >= 4 is 10.9 Å². The summed E-state index contributed by atoms with van der Waals surface area (Å²) in [4.78, 5) is 3.44. The molecule has 0 saturated heterocycles. The number of methoxy groups -OCH3 is 1. The van der Waals surface area contributed by atoms with Gasteiger partial charge in [0.1, 0.15) is 5.75 Å². The number of H-pyrrole nitrogens is 1. The van der Waals surface area contributed by atoms with Crippen LogP contribution in [0.4, 0.5) is 0 Å². The number of aromatic nitrogens is 1. The molecule has 1 aliphatic carbocycles. The maximum absolute atomic E-state index is 6.12. The molecule has 1 aromatic heterocycles. The quantitative estimate of drug-likeness (QED) is 0.769. The highest BCUT2D eigenvalue weighted by molar-refractivity contribution is 5.86. The van der Waals surface area contributed by atoms with Gasteiger partial charge in [0.2, 0.25) is 0 Å². The number of aromatic amines is 1. The average Bonchev–Trinajstić information content (AvgIpc) is 2.68. The molecule has 1 atom stereocenters. The third kappa shape index (κ3) is 1.32. The van der Waals surface area contributed by atoms with Gasteiger partial charge in [-0.1, -0.05) is 0 Å². The van der Waals surface area contributed by atoms with Crippen molar-refractivity contribution in [3.63, 3.8) is 0 Å². The molecule has 0 spiro atoms. The molecular weight excluding hydrogens is 200 g/mol. The normalized spacial score (nSPS) is 19.8. The SMILES string of the molecule is COc1ccc2[nH]c3c(c2c1)CCC[C@@H]3N. The molecule has 3 heteroatoms. The fourth-order valence-corrected chi connectivity index (χ4v) is 2.60. The van der Waals surface area contributed by atoms with Crippen LogP contribution in [0.2, 0.25) is 0 Å². The third-order valence-electron chi connectivity index (χ3n) is 3.46. The largest absolute Gasteiger partial charge is 0.497 e. The Bertz CT molecular complexity index is 530. The van der Waals surface area contributed by atoms with E-state index in [1.54, 1.807) is 7.11 Å². The maximum Gasteiger partial charge on any atom is 0.119 e. The summed E-state index contributed by atoms with van der Waals surface area (Å²) in [5.41, 5.74) is 9.89. The van der Waals surface area contributed by atoms with E-state index in [0.717, 1.165) is 18.6 Å². The molecule has 1 heterocycles. The van der Waals surface area contributed by atoms with Gasteiger partial charge in [-0.2, -0.15) is 0 Å². The highest BCUT2D eigenvalue weighted by atomic mass is 16.5. The fourth-order valence-electron chi connectivity index (χ4n) is 2.60. The second kappa shape index (κ2) is 3.52. The Morgan fingerprint density at radius 2 is 2.31 bits per heavy atom. The zero-order valence-electron chi connectivity index (χ0n) is 9.42. The first-order valence-electron chi connectivity index (χ1n) is 5.73. The van der Waals surface area contributed by atoms with E-state index in [1.165, 1.54) is 28.6 Å². The molecule has 0 saturated carbocycles. The van der Waals surface area contributed by atoms with E-state index in [0.29, 0.717) is 0 Å². The molecule has 0 aliphatic heterocycles. The Morgan fingerprint density at radius 3 is 3.12 bits per heavy atom. The van der Waals surface area contributed by atoms with Crippen molar-refractivity contribution in [2.45, 2.75) is 25.3 Å². The molecule has 3 N–H and O–H groups in total. The van der Waals surface area contributed by atoms with Gasteiger partial charge in [-0.15, -0.1) is 0 Å². The van der Waals surface area contributed by atoms with Crippen molar-refractivity contribution < 1.29 is 4.74 Å². The molecule has 16 heavy (non-hydrogen) atoms. The molecule has 0 bridgehead atoms. The maximum atomic E-state index is 6.12. The van der Waals surface area contributed by atoms with Crippen molar-refractivity contribution in [1.82, 2.24) is 4.98 Å². The molecule has 0 fully saturated rings. The first-order valence-corrected chi connectivity index (χ1v) is 5.73. The number of hydrogen-bond donors (Lipinski definition) is 2. The molecule has 0 unspecified atom stereocenters. The number of aryl methyl sites for hydroxylation is 1. The molecule has 2 aromatic rings. The van der Waals surface area contributed by atoms with Gasteiger partial charge in [0.15, 0.2) is 0 Å². The Morgan fingerprint density at radius 1 is 1.44 bits per heavy atom. The van der Waals surface area contributed by atoms with Crippen molar-refractivity contribution in [1.29, 1.82) is 0 Å². The van der Waals surface area contributed by atoms with Gasteiger partial charge in [-0.3, -0.25) is 0 Å². The van der Waals surface area contributed by atoms with E-state index in [-0.39, 0.29) is 6.04 Å². The summed E-state index contributed by atoms with van der Waals surface area (Å²) in [7, 11) is 1.70. The lowest BCUT2D eigenvalue weighted by molar-refractivity contribution is 0.415. The van der Waals surface area contributed by atoms with Crippen molar-refractivity contribution in [3.8, 4) is 5.75 Å². The summed E-state index contributed by atoms with van der Waals surface area (Å²) >= 11 is 0. The van der Waals surface area contributed by atoms with E-state index >= 15 is 0 Å². The zero-order valence-corrected chi connectivity index (χ0v) is 9.42. The summed E-state index contributed by atoms with van der Waals surface area (Å²) in [5, 5.41) is 1.27. The Kier molecular flexibility index (Phi) is 2.14. The van der Waals surface area contributed by atoms with Gasteiger partial charge in [-0.25, -0.2) is 0 Å². The van der Waals surface area contributed by atoms with E-state index < -0.39 is 0 Å². The minimum Gasteiger partial charge on any atom is -0.497 e. The predicted octanol–water partition coefficient (Wildman–Crippen LogP) is 2.51. The minimum atomic E-state index is 0.169. The molecule has 0 radical (unpaired) electrons. The van der Waals surface area contributed by atoms with Gasteiger partial charge >= 0.3 is 0 Å². The van der Waals surface area contributed by atoms with Crippen LogP contribution in [0.5, 0.6) is 5.75 Å². The van der Waals surface area contributed by atoms with Crippen LogP contribution in [-0.4, -0.2) is 12.1 Å². The fraction of sp³-hybridized carbons (Fsp3) is 0.385. The van der Waals surface area contributed by atoms with Crippen molar-refractivity contribution in [3.05, 3.63) is 29.5 Å². The molecule has 0 amide bonds. The van der Waals surface area contributed by atoms with E-state index in [2.05, 4.69) is 17.1 Å². The van der Waals surface area contributed by atoms with Crippen LogP contribution in [0.25, 0.3) is 10.9 Å². The van der Waals surface area contributed by atoms with Crippen LogP contribution in [0.3, 0.4) is 0 Å². The van der Waals surface area contributed by atoms with Crippen LogP contribution < -0.4 is 10.5 Å². The van der Waals surface area contributed by atoms with Crippen LogP contribution in [0.15, 0.2) is 18.2 Å². The zero-order chi connectivity index (χ0) is 11.1. The monoisotopic (exact) mass is 216 g/mol. The van der Waals surface area contributed by atoms with Crippen molar-refractivity contribution in [2.75, 3.05) is 7.11 Å². The molecule has 3 rings (SSSR count). The number of nitrogens with two attached hydrogens (primary N) is 1. The lowest BCUT2D eigenvalue weighted by Gasteiger charge is -2.18. The van der Waals surface area contributed by atoms with Gasteiger partial charge < -0.3 is 15.5 Å². The molecule has 3 nitrogen and oxygen atoms in total. The van der Waals surface area contributed by atoms with Gasteiger partial charge in [0.05, 0.1) is 7.11 Å². The standard InChI is InChI=1S/C13H16N2O/c1-16-8-5-6-12-10(7-8)9-3-2-4-11(14)13(9)15-12/h5-7,11,15H,2-4,14H2,1H3/t11-/m0/s1. The topological polar surface area (TPSA) is 51.0 Å². The second-order valence-electron chi connectivity index (χ2n) is 4.43. The molecular formula is C13H16N2O. The predicted molar refractivity (Wildman–Crippen MR) is 64.7 cm³/mol. The summed E-state index contributed by atoms with van der Waals surface area (Å²) < 4.78 is 5.26. The van der Waals surface area contributed by atoms with Crippen LogP contribution in [0.1, 0.15) is 30.1 Å². The molecule has 1 aromatic carbocycles. The first-order chi connectivity index (χ1) is 7.79. The van der Waals surface area contributed by atoms with E-state index in [1.807, 2.05) is 6.07 Å². The van der Waals surface area contributed by atoms with Gasteiger partial charge in [-0.05, 0) is 43.0 Å². The summed E-state index contributed by atoms with van der Waals surface area (Å²) in [6.45, 7) is 0. The number of nitrogens with one attached hydrogen (secondary N) is 1. The van der Waals surface area contributed by atoms with E-state index in [4.69, 9.17) is 10.5 Å². The number of hydrogen-bond acceptors (Lipinski definition) is 2. The Labute approximate surface area is 94.6 Å². The van der Waals surface area contributed by atoms with Gasteiger partial charge in [0.25, 0.3) is 0 Å². The number of benzene rings is 1. The Hall–Kier alpha value is -1.48. The van der Waals surface area contributed by atoms with Gasteiger partial charge in [0, 0.05) is 22.6 Å². The second-order valence-corrected chi connectivity index (χ2v) is 4.43. The smallest absolute Gasteiger partial charge is 0.119 e. The summed E-state index contributed by atoms with van der Waals surface area (Å²) in [6.07, 6.45) is 3.38. The third-order valence-corrected chi connectivity index (χ3v) is 3.46. The highest BCUT2D eigenvalue weighted by Gasteiger charge is 2.21. The number of ether oxygens (including phenoxy) is 1. The van der Waals surface area contributed by atoms with Crippen LogP contribution in [-0.2, 0) is 6.42 Å². The molecule has 84 valence electrons. The lowest BCUT2D eigenvalue weighted by Crippen LogP contribution is -2.16. The summed E-state index contributed by atoms with van der Waals surface area (Å²) in [5.74, 6) is 0.911. The number of fused-ring (bicyclic) bond motifs is 3.